The fourth-order valence-corrected chi connectivity index (χ4v) is 1.75. The van der Waals surface area contributed by atoms with E-state index in [9.17, 15) is 19.3 Å². The number of carbonyl (C=O) groups excluding carboxylic acids is 1. The molecule has 0 aliphatic rings. The van der Waals surface area contributed by atoms with Crippen molar-refractivity contribution in [2.24, 2.45) is 0 Å². The number of hydrogen-bond acceptors (Lipinski definition) is 3. The predicted molar refractivity (Wildman–Crippen MR) is 69.5 cm³/mol. The first-order chi connectivity index (χ1) is 8.97. The highest BCUT2D eigenvalue weighted by Gasteiger charge is 2.14. The van der Waals surface area contributed by atoms with Gasteiger partial charge in [-0.3, -0.25) is 14.9 Å². The van der Waals surface area contributed by atoms with Crippen LogP contribution in [0.2, 0.25) is 0 Å². The summed E-state index contributed by atoms with van der Waals surface area (Å²) in [6, 6.07) is 4.42. The van der Waals surface area contributed by atoms with Gasteiger partial charge < -0.3 is 10.3 Å². The number of amides is 1. The number of nitrogens with one attached hydrogen (secondary N) is 2. The summed E-state index contributed by atoms with van der Waals surface area (Å²) in [6.45, 7) is 0. The van der Waals surface area contributed by atoms with Crippen LogP contribution in [0, 0.1) is 15.9 Å². The lowest BCUT2D eigenvalue weighted by molar-refractivity contribution is -0.384. The zero-order valence-corrected chi connectivity index (χ0v) is 10.9. The van der Waals surface area contributed by atoms with E-state index < -0.39 is 16.6 Å². The molecule has 1 aromatic carbocycles. The Morgan fingerprint density at radius 2 is 2.16 bits per heavy atom. The number of non-ortho nitro benzene ring substituents is 1. The highest BCUT2D eigenvalue weighted by atomic mass is 79.9. The van der Waals surface area contributed by atoms with E-state index in [1.54, 1.807) is 6.20 Å². The van der Waals surface area contributed by atoms with Gasteiger partial charge in [-0.15, -0.1) is 0 Å². The van der Waals surface area contributed by atoms with Gasteiger partial charge in [0, 0.05) is 22.8 Å². The van der Waals surface area contributed by atoms with E-state index >= 15 is 0 Å². The van der Waals surface area contributed by atoms with Gasteiger partial charge in [-0.2, -0.15) is 0 Å². The third-order valence-corrected chi connectivity index (χ3v) is 2.76. The maximum atomic E-state index is 13.5. The first kappa shape index (κ1) is 13.2. The number of nitro benzene ring substituents is 1. The molecule has 1 aromatic heterocycles. The summed E-state index contributed by atoms with van der Waals surface area (Å²) in [4.78, 5) is 24.3. The number of aromatic amines is 1. The number of nitro groups is 1. The van der Waals surface area contributed by atoms with Crippen molar-refractivity contribution in [2.75, 3.05) is 5.32 Å². The number of H-pyrrole nitrogens is 1. The minimum Gasteiger partial charge on any atom is -0.356 e. The van der Waals surface area contributed by atoms with Crippen molar-refractivity contribution in [3.63, 3.8) is 0 Å². The molecule has 1 amide bonds. The predicted octanol–water partition coefficient (Wildman–Crippen LogP) is 3.08. The number of aromatic nitrogens is 1. The van der Waals surface area contributed by atoms with Crippen LogP contribution in [0.5, 0.6) is 0 Å². The zero-order chi connectivity index (χ0) is 14.0. The van der Waals surface area contributed by atoms with E-state index in [0.717, 1.165) is 18.2 Å². The standard InChI is InChI=1S/C11H7BrFN3O3/c12-6-3-10(14-5-6)11(17)15-9-4-7(16(18)19)1-2-8(9)13/h1-5,14H,(H,15,17). The smallest absolute Gasteiger partial charge is 0.272 e. The zero-order valence-electron chi connectivity index (χ0n) is 9.31. The second-order valence-corrected chi connectivity index (χ2v) is 4.52. The number of hydrogen-bond donors (Lipinski definition) is 2. The van der Waals surface area contributed by atoms with Crippen LogP contribution >= 0.6 is 15.9 Å². The summed E-state index contributed by atoms with van der Waals surface area (Å²) in [5, 5.41) is 12.8. The lowest BCUT2D eigenvalue weighted by Gasteiger charge is -2.04. The number of halogens is 2. The molecule has 0 fully saturated rings. The lowest BCUT2D eigenvalue weighted by Crippen LogP contribution is -2.13. The van der Waals surface area contributed by atoms with Crippen molar-refractivity contribution in [3.05, 3.63) is 56.6 Å². The van der Waals surface area contributed by atoms with Crippen LogP contribution in [0.4, 0.5) is 15.8 Å². The Bertz CT molecular complexity index is 656. The van der Waals surface area contributed by atoms with Gasteiger partial charge in [0.1, 0.15) is 11.5 Å². The third kappa shape index (κ3) is 2.97. The van der Waals surface area contributed by atoms with Gasteiger partial charge in [-0.25, -0.2) is 4.39 Å². The van der Waals surface area contributed by atoms with Crippen LogP contribution in [-0.2, 0) is 0 Å². The SMILES string of the molecule is O=C(Nc1cc([N+](=O)[O-])ccc1F)c1cc(Br)c[nH]1. The van der Waals surface area contributed by atoms with Crippen molar-refractivity contribution in [2.45, 2.75) is 0 Å². The van der Waals surface area contributed by atoms with Crippen LogP contribution in [-0.4, -0.2) is 15.8 Å². The maximum Gasteiger partial charge on any atom is 0.272 e. The summed E-state index contributed by atoms with van der Waals surface area (Å²) in [6.07, 6.45) is 1.54. The molecule has 0 bridgehead atoms. The van der Waals surface area contributed by atoms with Crippen LogP contribution in [0.1, 0.15) is 10.5 Å². The summed E-state index contributed by atoms with van der Waals surface area (Å²) in [5.41, 5.74) is -0.341. The fraction of sp³-hybridized carbons (Fsp3) is 0. The lowest BCUT2D eigenvalue weighted by atomic mass is 10.2. The number of rotatable bonds is 3. The second kappa shape index (κ2) is 5.19. The molecule has 0 spiro atoms. The Morgan fingerprint density at radius 1 is 1.42 bits per heavy atom. The Balaban J connectivity index is 2.25. The molecule has 0 saturated carbocycles. The van der Waals surface area contributed by atoms with Crippen LogP contribution in [0.3, 0.4) is 0 Å². The molecular weight excluding hydrogens is 321 g/mol. The van der Waals surface area contributed by atoms with Crippen LogP contribution in [0.15, 0.2) is 34.9 Å². The number of carbonyl (C=O) groups is 1. The van der Waals surface area contributed by atoms with Crippen LogP contribution in [0.25, 0.3) is 0 Å². The van der Waals surface area contributed by atoms with Gasteiger partial charge in [0.15, 0.2) is 0 Å². The van der Waals surface area contributed by atoms with E-state index in [1.165, 1.54) is 6.07 Å². The molecule has 98 valence electrons. The fourth-order valence-electron chi connectivity index (χ4n) is 1.41. The van der Waals surface area contributed by atoms with Crippen molar-refractivity contribution in [1.82, 2.24) is 4.98 Å². The van der Waals surface area contributed by atoms with Gasteiger partial charge >= 0.3 is 0 Å². The Labute approximate surface area is 114 Å². The average molecular weight is 328 g/mol. The molecule has 0 unspecified atom stereocenters. The molecule has 2 aromatic rings. The molecule has 0 radical (unpaired) electrons. The van der Waals surface area contributed by atoms with E-state index in [1.807, 2.05) is 0 Å². The maximum absolute atomic E-state index is 13.5. The molecule has 8 heteroatoms. The average Bonchev–Trinajstić information content (AvgIpc) is 2.78. The molecule has 19 heavy (non-hydrogen) atoms. The van der Waals surface area contributed by atoms with Crippen molar-refractivity contribution >= 4 is 33.2 Å². The second-order valence-electron chi connectivity index (χ2n) is 3.61. The number of benzene rings is 1. The van der Waals surface area contributed by atoms with E-state index in [0.29, 0.717) is 4.47 Å². The van der Waals surface area contributed by atoms with Crippen molar-refractivity contribution < 1.29 is 14.1 Å². The minimum atomic E-state index is -0.746. The van der Waals surface area contributed by atoms with Gasteiger partial charge in [0.05, 0.1) is 10.6 Å². The van der Waals surface area contributed by atoms with Crippen molar-refractivity contribution in [3.8, 4) is 0 Å². The summed E-state index contributed by atoms with van der Waals surface area (Å²) >= 11 is 3.16. The normalized spacial score (nSPS) is 10.2. The Hall–Kier alpha value is -2.22. The van der Waals surface area contributed by atoms with E-state index in [-0.39, 0.29) is 17.1 Å². The summed E-state index contributed by atoms with van der Waals surface area (Å²) in [5.74, 6) is -1.34. The number of nitrogens with zero attached hydrogens (tertiary/aromatic N) is 1. The first-order valence-electron chi connectivity index (χ1n) is 5.06. The quantitative estimate of drug-likeness (QED) is 0.670. The molecule has 2 N–H and O–H groups in total. The minimum absolute atomic E-state index is 0.206. The van der Waals surface area contributed by atoms with Crippen molar-refractivity contribution in [1.29, 1.82) is 0 Å². The molecule has 6 nitrogen and oxygen atoms in total. The largest absolute Gasteiger partial charge is 0.356 e. The first-order valence-corrected chi connectivity index (χ1v) is 5.86. The third-order valence-electron chi connectivity index (χ3n) is 2.30. The monoisotopic (exact) mass is 327 g/mol. The highest BCUT2D eigenvalue weighted by molar-refractivity contribution is 9.10. The van der Waals surface area contributed by atoms with E-state index in [2.05, 4.69) is 26.2 Å². The molecule has 0 atom stereocenters. The van der Waals surface area contributed by atoms with Gasteiger partial charge in [0.25, 0.3) is 11.6 Å². The molecule has 1 heterocycles. The Morgan fingerprint density at radius 3 is 2.74 bits per heavy atom. The van der Waals surface area contributed by atoms with Crippen LogP contribution < -0.4 is 5.32 Å². The topological polar surface area (TPSA) is 88.0 Å². The number of anilines is 1. The molecule has 0 aliphatic carbocycles. The molecule has 2 rings (SSSR count). The summed E-state index contributed by atoms with van der Waals surface area (Å²) in [7, 11) is 0. The van der Waals surface area contributed by atoms with Gasteiger partial charge in [-0.1, -0.05) is 0 Å². The Kier molecular flexibility index (Phi) is 3.61. The highest BCUT2D eigenvalue weighted by Crippen LogP contribution is 2.22. The molecular formula is C11H7BrFN3O3. The molecule has 0 aliphatic heterocycles. The summed E-state index contributed by atoms with van der Waals surface area (Å²) < 4.78 is 14.1. The molecule has 0 saturated heterocycles. The van der Waals surface area contributed by atoms with Gasteiger partial charge in [0.2, 0.25) is 0 Å². The van der Waals surface area contributed by atoms with Gasteiger partial charge in [-0.05, 0) is 28.1 Å². The van der Waals surface area contributed by atoms with E-state index in [4.69, 9.17) is 0 Å².